The Kier molecular flexibility index (Phi) is 8.22. The molecule has 0 bridgehead atoms. The van der Waals surface area contributed by atoms with Gasteiger partial charge in [0, 0.05) is 13.3 Å². The number of halogens is 1. The van der Waals surface area contributed by atoms with Crippen molar-refractivity contribution >= 4 is 29.1 Å². The van der Waals surface area contributed by atoms with E-state index in [1.165, 1.54) is 22.8 Å². The lowest BCUT2D eigenvalue weighted by molar-refractivity contribution is -0.140. The van der Waals surface area contributed by atoms with Gasteiger partial charge in [0.15, 0.2) is 0 Å². The van der Waals surface area contributed by atoms with Gasteiger partial charge in [0.05, 0.1) is 12.8 Å². The molecule has 0 unspecified atom stereocenters. The van der Waals surface area contributed by atoms with Crippen LogP contribution in [0.2, 0.25) is 0 Å². The molecule has 0 aliphatic rings. The third kappa shape index (κ3) is 5.06. The summed E-state index contributed by atoms with van der Waals surface area (Å²) in [5.41, 5.74) is 0. The number of hydrogen-bond acceptors (Lipinski definition) is 2. The minimum atomic E-state index is -1.80. The molecule has 0 atom stereocenters. The molecule has 27 heavy (non-hydrogen) atoms. The average Bonchev–Trinajstić information content (AvgIpc) is 2.70. The quantitative estimate of drug-likeness (QED) is 0.309. The Morgan fingerprint density at radius 1 is 0.741 bits per heavy atom. The number of rotatable bonds is 7. The van der Waals surface area contributed by atoms with Crippen LogP contribution in [0.5, 0.6) is 0 Å². The van der Waals surface area contributed by atoms with Crippen molar-refractivity contribution in [2.45, 2.75) is 13.3 Å². The normalized spacial score (nSPS) is 10.7. The lowest BCUT2D eigenvalue weighted by atomic mass is 10.4. The van der Waals surface area contributed by atoms with E-state index in [0.29, 0.717) is 6.61 Å². The fraction of sp³-hybridized carbons (Fsp3) is 0.174. The summed E-state index contributed by atoms with van der Waals surface area (Å²) in [7, 11) is -1.80. The zero-order chi connectivity index (χ0) is 18.2. The van der Waals surface area contributed by atoms with E-state index in [-0.39, 0.29) is 23.0 Å². The van der Waals surface area contributed by atoms with Crippen LogP contribution in [-0.4, -0.2) is 18.7 Å². The second-order valence-electron chi connectivity index (χ2n) is 6.23. The van der Waals surface area contributed by atoms with Crippen LogP contribution in [0.4, 0.5) is 0 Å². The van der Waals surface area contributed by atoms with E-state index in [2.05, 4.69) is 91.0 Å². The first-order chi connectivity index (χ1) is 12.7. The van der Waals surface area contributed by atoms with Crippen molar-refractivity contribution in [2.24, 2.45) is 0 Å². The summed E-state index contributed by atoms with van der Waals surface area (Å²) in [6.07, 6.45) is 1.81. The molecule has 0 aliphatic carbocycles. The number of benzene rings is 3. The molecule has 0 spiro atoms. The summed E-state index contributed by atoms with van der Waals surface area (Å²) in [5.74, 6) is -0.215. The van der Waals surface area contributed by atoms with Gasteiger partial charge in [-0.25, -0.2) is 0 Å². The van der Waals surface area contributed by atoms with Gasteiger partial charge in [-0.1, -0.05) is 54.6 Å². The maximum atomic E-state index is 11.2. The maximum Gasteiger partial charge on any atom is 0.302 e. The Morgan fingerprint density at radius 3 is 1.44 bits per heavy atom. The third-order valence-corrected chi connectivity index (χ3v) is 9.06. The lowest BCUT2D eigenvalue weighted by Crippen LogP contribution is -3.00. The molecule has 3 aromatic carbocycles. The monoisotopic (exact) mass is 442 g/mol. The van der Waals surface area contributed by atoms with E-state index in [1.54, 1.807) is 0 Å². The van der Waals surface area contributed by atoms with Crippen molar-refractivity contribution in [1.29, 1.82) is 0 Å². The van der Waals surface area contributed by atoms with Gasteiger partial charge in [0.1, 0.15) is 23.2 Å². The van der Waals surface area contributed by atoms with Crippen LogP contribution < -0.4 is 32.9 Å². The fourth-order valence-electron chi connectivity index (χ4n) is 3.40. The van der Waals surface area contributed by atoms with Crippen LogP contribution in [0.15, 0.2) is 91.0 Å². The van der Waals surface area contributed by atoms with Crippen molar-refractivity contribution in [3.8, 4) is 0 Å². The molecule has 3 rings (SSSR count). The highest BCUT2D eigenvalue weighted by Crippen LogP contribution is 2.55. The minimum Gasteiger partial charge on any atom is -1.00 e. The standard InChI is InChI=1S/C23H24O2P.BrH/c1-20(24)25-18-11-19-26(21-12-5-2-6-13-21,22-14-7-3-8-15-22)23-16-9-4-10-17-23;/h2-10,12-17H,11,18-19H2,1H3;1H/q+1;/p-1. The van der Waals surface area contributed by atoms with E-state index < -0.39 is 7.26 Å². The van der Waals surface area contributed by atoms with Gasteiger partial charge in [-0.3, -0.25) is 4.79 Å². The Hall–Kier alpha value is -1.96. The molecule has 0 heterocycles. The zero-order valence-electron chi connectivity index (χ0n) is 15.4. The number of carbonyl (C=O) groups excluding carboxylic acids is 1. The van der Waals surface area contributed by atoms with E-state index >= 15 is 0 Å². The second kappa shape index (κ2) is 10.4. The summed E-state index contributed by atoms with van der Waals surface area (Å²) < 4.78 is 5.22. The predicted octanol–water partition coefficient (Wildman–Crippen LogP) is 0.938. The minimum absolute atomic E-state index is 0. The molecule has 0 fully saturated rings. The molecular weight excluding hydrogens is 419 g/mol. The largest absolute Gasteiger partial charge is 1.00 e. The molecule has 4 heteroatoms. The van der Waals surface area contributed by atoms with Gasteiger partial charge >= 0.3 is 5.97 Å². The molecule has 140 valence electrons. The van der Waals surface area contributed by atoms with Gasteiger partial charge in [-0.05, 0) is 36.4 Å². The van der Waals surface area contributed by atoms with Crippen LogP contribution in [0.25, 0.3) is 0 Å². The summed E-state index contributed by atoms with van der Waals surface area (Å²) in [6, 6.07) is 32.3. The second-order valence-corrected chi connectivity index (χ2v) is 9.85. The highest BCUT2D eigenvalue weighted by atomic mass is 79.9. The summed E-state index contributed by atoms with van der Waals surface area (Å²) in [6.45, 7) is 1.93. The van der Waals surface area contributed by atoms with Gasteiger partial charge in [0.2, 0.25) is 0 Å². The Balaban J connectivity index is 0.00000261. The van der Waals surface area contributed by atoms with Crippen molar-refractivity contribution in [3.63, 3.8) is 0 Å². The number of carbonyl (C=O) groups is 1. The Labute approximate surface area is 172 Å². The van der Waals surface area contributed by atoms with Crippen LogP contribution >= 0.6 is 7.26 Å². The molecule has 0 amide bonds. The topological polar surface area (TPSA) is 26.3 Å². The van der Waals surface area contributed by atoms with Crippen LogP contribution in [0.1, 0.15) is 13.3 Å². The first kappa shape index (κ1) is 21.3. The molecule has 0 saturated carbocycles. The van der Waals surface area contributed by atoms with Crippen molar-refractivity contribution in [2.75, 3.05) is 12.8 Å². The number of ether oxygens (including phenoxy) is 1. The van der Waals surface area contributed by atoms with Crippen molar-refractivity contribution < 1.29 is 26.5 Å². The third-order valence-electron chi connectivity index (χ3n) is 4.53. The van der Waals surface area contributed by atoms with Crippen LogP contribution in [0, 0.1) is 0 Å². The average molecular weight is 443 g/mol. The highest BCUT2D eigenvalue weighted by Gasteiger charge is 2.44. The molecular formula is C23H24BrO2P. The molecule has 0 N–H and O–H groups in total. The van der Waals surface area contributed by atoms with Crippen molar-refractivity contribution in [3.05, 3.63) is 91.0 Å². The number of hydrogen-bond donors (Lipinski definition) is 0. The van der Waals surface area contributed by atoms with E-state index in [1.807, 2.05) is 0 Å². The molecule has 0 saturated heterocycles. The molecule has 3 aromatic rings. The van der Waals surface area contributed by atoms with Gasteiger partial charge in [-0.2, -0.15) is 0 Å². The molecule has 0 aliphatic heterocycles. The molecule has 2 nitrogen and oxygen atoms in total. The first-order valence-electron chi connectivity index (χ1n) is 8.92. The molecule has 0 radical (unpaired) electrons. The predicted molar refractivity (Wildman–Crippen MR) is 111 cm³/mol. The van der Waals surface area contributed by atoms with E-state index in [0.717, 1.165) is 12.6 Å². The Bertz CT molecular complexity index is 726. The van der Waals surface area contributed by atoms with Crippen LogP contribution in [-0.2, 0) is 9.53 Å². The molecule has 0 aromatic heterocycles. The summed E-state index contributed by atoms with van der Waals surface area (Å²) >= 11 is 0. The highest BCUT2D eigenvalue weighted by molar-refractivity contribution is 7.95. The Morgan fingerprint density at radius 2 is 1.11 bits per heavy atom. The van der Waals surface area contributed by atoms with Crippen molar-refractivity contribution in [1.82, 2.24) is 0 Å². The summed E-state index contributed by atoms with van der Waals surface area (Å²) in [5, 5.41) is 4.08. The smallest absolute Gasteiger partial charge is 0.302 e. The van der Waals surface area contributed by atoms with E-state index in [4.69, 9.17) is 4.74 Å². The van der Waals surface area contributed by atoms with E-state index in [9.17, 15) is 4.79 Å². The van der Waals surface area contributed by atoms with Gasteiger partial charge in [0.25, 0.3) is 0 Å². The SMILES string of the molecule is CC(=O)OCCC[P+](c1ccccc1)(c1ccccc1)c1ccccc1.[Br-]. The first-order valence-corrected chi connectivity index (χ1v) is 10.9. The van der Waals surface area contributed by atoms with Crippen LogP contribution in [0.3, 0.4) is 0 Å². The number of esters is 1. The maximum absolute atomic E-state index is 11.2. The zero-order valence-corrected chi connectivity index (χ0v) is 17.9. The van der Waals surface area contributed by atoms with Gasteiger partial charge < -0.3 is 21.7 Å². The summed E-state index contributed by atoms with van der Waals surface area (Å²) in [4.78, 5) is 11.2. The lowest BCUT2D eigenvalue weighted by Gasteiger charge is -2.27. The van der Waals surface area contributed by atoms with Gasteiger partial charge in [-0.15, -0.1) is 0 Å². The fourth-order valence-corrected chi connectivity index (χ4v) is 7.72.